The summed E-state index contributed by atoms with van der Waals surface area (Å²) in [5.74, 6) is 1.13. The quantitative estimate of drug-likeness (QED) is 0.314. The van der Waals surface area contributed by atoms with Crippen LogP contribution in [0, 0.1) is 18.8 Å². The van der Waals surface area contributed by atoms with E-state index in [2.05, 4.69) is 47.5 Å². The normalized spacial score (nSPS) is 19.1. The van der Waals surface area contributed by atoms with E-state index in [0.29, 0.717) is 12.5 Å². The molecule has 2 unspecified atom stereocenters. The molecule has 0 amide bonds. The molecular formula is C26H32N2O3S2. The number of thiophene rings is 1. The molecule has 0 saturated carbocycles. The molecule has 5 nitrogen and oxygen atoms in total. The predicted octanol–water partition coefficient (Wildman–Crippen LogP) is 5.06. The zero-order valence-electron chi connectivity index (χ0n) is 19.4. The van der Waals surface area contributed by atoms with E-state index in [0.717, 1.165) is 61.1 Å². The molecule has 2 atom stereocenters. The number of ether oxygens (including phenoxy) is 1. The fourth-order valence-electron chi connectivity index (χ4n) is 4.80. The number of hydrogen-bond acceptors (Lipinski definition) is 6. The zero-order chi connectivity index (χ0) is 23.2. The molecule has 3 heterocycles. The Morgan fingerprint density at radius 3 is 2.85 bits per heavy atom. The standard InChI is InChI=1S/C26H32N2O3S2/c1-19-7-8-21-9-10-24(29)28(23(21)17-19)12-3-5-20-11-13-27(18-22(20)26(30)31-2)14-16-33-25-6-4-15-32-25/h4,6-10,15,17,20,22H,3,5,11-14,16,18H2,1-2H3. The Morgan fingerprint density at radius 1 is 1.21 bits per heavy atom. The third-order valence-corrected chi connectivity index (χ3v) is 8.71. The Balaban J connectivity index is 1.35. The van der Waals surface area contributed by atoms with Crippen molar-refractivity contribution < 1.29 is 9.53 Å². The van der Waals surface area contributed by atoms with Crippen LogP contribution in [0.1, 0.15) is 24.8 Å². The molecule has 0 spiro atoms. The average molecular weight is 485 g/mol. The van der Waals surface area contributed by atoms with Crippen molar-refractivity contribution in [2.45, 2.75) is 36.9 Å². The van der Waals surface area contributed by atoms with Gasteiger partial charge in [-0.2, -0.15) is 0 Å². The predicted molar refractivity (Wildman–Crippen MR) is 137 cm³/mol. The van der Waals surface area contributed by atoms with Crippen LogP contribution < -0.4 is 5.56 Å². The van der Waals surface area contributed by atoms with Crippen LogP contribution in [0.5, 0.6) is 0 Å². The monoisotopic (exact) mass is 484 g/mol. The number of hydrogen-bond donors (Lipinski definition) is 0. The lowest BCUT2D eigenvalue weighted by Crippen LogP contribution is -2.45. The fourth-order valence-corrected chi connectivity index (χ4v) is 6.66. The van der Waals surface area contributed by atoms with Gasteiger partial charge in [-0.05, 0) is 73.2 Å². The second-order valence-corrected chi connectivity index (χ2v) is 11.1. The van der Waals surface area contributed by atoms with E-state index < -0.39 is 0 Å². The second kappa shape index (κ2) is 11.4. The molecule has 1 fully saturated rings. The van der Waals surface area contributed by atoms with Gasteiger partial charge in [-0.15, -0.1) is 23.1 Å². The Hall–Kier alpha value is -2.09. The first-order valence-electron chi connectivity index (χ1n) is 11.6. The van der Waals surface area contributed by atoms with Gasteiger partial charge in [0.05, 0.1) is 22.8 Å². The summed E-state index contributed by atoms with van der Waals surface area (Å²) in [6, 6.07) is 14.0. The van der Waals surface area contributed by atoms with Crippen LogP contribution in [0.3, 0.4) is 0 Å². The molecule has 0 aliphatic carbocycles. The topological polar surface area (TPSA) is 51.5 Å². The highest BCUT2D eigenvalue weighted by molar-refractivity contribution is 8.01. The molecule has 2 aromatic heterocycles. The van der Waals surface area contributed by atoms with Crippen LogP contribution in [0.15, 0.2) is 56.8 Å². The van der Waals surface area contributed by atoms with Gasteiger partial charge >= 0.3 is 5.97 Å². The molecule has 0 radical (unpaired) electrons. The Bertz CT molecular complexity index is 1130. The first-order valence-corrected chi connectivity index (χ1v) is 13.5. The number of aromatic nitrogens is 1. The van der Waals surface area contributed by atoms with Gasteiger partial charge in [0.1, 0.15) is 0 Å². The first-order chi connectivity index (χ1) is 16.0. The van der Waals surface area contributed by atoms with E-state index in [1.54, 1.807) is 17.4 Å². The van der Waals surface area contributed by atoms with Crippen LogP contribution in [-0.2, 0) is 16.1 Å². The van der Waals surface area contributed by atoms with Gasteiger partial charge in [0.15, 0.2) is 0 Å². The van der Waals surface area contributed by atoms with Gasteiger partial charge in [0.25, 0.3) is 5.56 Å². The number of fused-ring (bicyclic) bond motifs is 1. The summed E-state index contributed by atoms with van der Waals surface area (Å²) in [4.78, 5) is 27.5. The number of carbonyl (C=O) groups is 1. The minimum atomic E-state index is -0.103. The largest absolute Gasteiger partial charge is 0.469 e. The summed E-state index contributed by atoms with van der Waals surface area (Å²) < 4.78 is 8.38. The summed E-state index contributed by atoms with van der Waals surface area (Å²) in [7, 11) is 1.49. The Labute approximate surface area is 203 Å². The molecule has 176 valence electrons. The number of nitrogens with zero attached hydrogens (tertiary/aromatic N) is 2. The minimum Gasteiger partial charge on any atom is -0.469 e. The van der Waals surface area contributed by atoms with E-state index in [1.807, 2.05) is 22.4 Å². The van der Waals surface area contributed by atoms with E-state index in [4.69, 9.17) is 4.74 Å². The van der Waals surface area contributed by atoms with E-state index >= 15 is 0 Å². The lowest BCUT2D eigenvalue weighted by molar-refractivity contribution is -0.150. The molecule has 1 saturated heterocycles. The molecule has 7 heteroatoms. The molecule has 0 N–H and O–H groups in total. The molecule has 33 heavy (non-hydrogen) atoms. The Kier molecular flexibility index (Phi) is 8.28. The number of likely N-dealkylation sites (tertiary alicyclic amines) is 1. The zero-order valence-corrected chi connectivity index (χ0v) is 21.0. The number of esters is 1. The molecule has 1 aromatic carbocycles. The highest BCUT2D eigenvalue weighted by Crippen LogP contribution is 2.30. The van der Waals surface area contributed by atoms with Crippen molar-refractivity contribution in [3.05, 3.63) is 63.8 Å². The van der Waals surface area contributed by atoms with Crippen molar-refractivity contribution in [1.82, 2.24) is 9.47 Å². The number of pyridine rings is 1. The maximum Gasteiger partial charge on any atom is 0.310 e. The summed E-state index contributed by atoms with van der Waals surface area (Å²) in [5, 5.41) is 3.19. The Morgan fingerprint density at radius 2 is 2.06 bits per heavy atom. The number of benzene rings is 1. The van der Waals surface area contributed by atoms with E-state index in [-0.39, 0.29) is 17.4 Å². The maximum absolute atomic E-state index is 12.6. The average Bonchev–Trinajstić information content (AvgIpc) is 3.34. The van der Waals surface area contributed by atoms with Crippen LogP contribution in [0.25, 0.3) is 10.9 Å². The van der Waals surface area contributed by atoms with Crippen molar-refractivity contribution in [1.29, 1.82) is 0 Å². The van der Waals surface area contributed by atoms with Gasteiger partial charge < -0.3 is 14.2 Å². The number of methoxy groups -OCH3 is 1. The SMILES string of the molecule is COC(=O)C1CN(CCSc2cccs2)CCC1CCCn1c(=O)ccc2ccc(C)cc21. The second-order valence-electron chi connectivity index (χ2n) is 8.79. The van der Waals surface area contributed by atoms with Gasteiger partial charge in [-0.3, -0.25) is 9.59 Å². The molecule has 1 aliphatic rings. The fraction of sp³-hybridized carbons (Fsp3) is 0.462. The molecule has 3 aromatic rings. The van der Waals surface area contributed by atoms with Crippen LogP contribution in [0.2, 0.25) is 0 Å². The third-order valence-electron chi connectivity index (χ3n) is 6.60. The van der Waals surface area contributed by atoms with Crippen LogP contribution >= 0.6 is 23.1 Å². The summed E-state index contributed by atoms with van der Waals surface area (Å²) in [6.45, 7) is 5.47. The number of rotatable bonds is 9. The van der Waals surface area contributed by atoms with E-state index in [9.17, 15) is 9.59 Å². The van der Waals surface area contributed by atoms with Gasteiger partial charge in [0, 0.05) is 31.5 Å². The lowest BCUT2D eigenvalue weighted by atomic mass is 9.82. The third kappa shape index (κ3) is 6.08. The summed E-state index contributed by atoms with van der Waals surface area (Å²) in [6.07, 6.45) is 2.79. The van der Waals surface area contributed by atoms with Crippen LogP contribution in [-0.4, -0.2) is 47.9 Å². The first kappa shape index (κ1) is 24.0. The van der Waals surface area contributed by atoms with Crippen molar-refractivity contribution in [3.63, 3.8) is 0 Å². The summed E-state index contributed by atoms with van der Waals surface area (Å²) in [5.41, 5.74) is 2.18. The number of aryl methyl sites for hydroxylation is 2. The highest BCUT2D eigenvalue weighted by atomic mass is 32.2. The maximum atomic E-state index is 12.6. The molecule has 1 aliphatic heterocycles. The van der Waals surface area contributed by atoms with Crippen molar-refractivity contribution >= 4 is 40.0 Å². The number of piperidine rings is 1. The lowest BCUT2D eigenvalue weighted by Gasteiger charge is -2.37. The van der Waals surface area contributed by atoms with Gasteiger partial charge in [0.2, 0.25) is 0 Å². The van der Waals surface area contributed by atoms with Crippen molar-refractivity contribution in [2.75, 3.05) is 32.5 Å². The van der Waals surface area contributed by atoms with E-state index in [1.165, 1.54) is 11.3 Å². The smallest absolute Gasteiger partial charge is 0.310 e. The van der Waals surface area contributed by atoms with Crippen LogP contribution in [0.4, 0.5) is 0 Å². The van der Waals surface area contributed by atoms with Crippen molar-refractivity contribution in [3.8, 4) is 0 Å². The molecular weight excluding hydrogens is 452 g/mol. The number of carbonyl (C=O) groups excluding carboxylic acids is 1. The summed E-state index contributed by atoms with van der Waals surface area (Å²) >= 11 is 3.65. The molecule has 0 bridgehead atoms. The molecule has 4 rings (SSSR count). The minimum absolute atomic E-state index is 0.0377. The van der Waals surface area contributed by atoms with Gasteiger partial charge in [-0.1, -0.05) is 18.2 Å². The highest BCUT2D eigenvalue weighted by Gasteiger charge is 2.34. The van der Waals surface area contributed by atoms with Crippen molar-refractivity contribution in [2.24, 2.45) is 11.8 Å². The van der Waals surface area contributed by atoms with Gasteiger partial charge in [-0.25, -0.2) is 0 Å². The number of thioether (sulfide) groups is 1.